The molecular formula is C17H23N5O3. The summed E-state index contributed by atoms with van der Waals surface area (Å²) in [5, 5.41) is 11.2. The van der Waals surface area contributed by atoms with E-state index in [1.807, 2.05) is 36.4 Å². The second-order valence-corrected chi connectivity index (χ2v) is 6.28. The minimum atomic E-state index is 0.00207. The fourth-order valence-corrected chi connectivity index (χ4v) is 2.96. The highest BCUT2D eigenvalue weighted by Gasteiger charge is 2.24. The van der Waals surface area contributed by atoms with Crippen molar-refractivity contribution in [3.8, 4) is 0 Å². The quantitative estimate of drug-likeness (QED) is 0.876. The van der Waals surface area contributed by atoms with Crippen molar-refractivity contribution in [3.05, 3.63) is 34.5 Å². The molecule has 0 aromatic carbocycles. The topological polar surface area (TPSA) is 93.3 Å². The largest absolute Gasteiger partial charge is 0.361 e. The first-order valence-corrected chi connectivity index (χ1v) is 8.49. The zero-order valence-electron chi connectivity index (χ0n) is 14.8. The third kappa shape index (κ3) is 3.72. The SMILES string of the molecule is CCC(=O)NCc1cc2n(n1)CCN(C(=O)Cc1c(C)noc1C)C2. The summed E-state index contributed by atoms with van der Waals surface area (Å²) in [6.45, 7) is 7.71. The van der Waals surface area contributed by atoms with E-state index < -0.39 is 0 Å². The summed E-state index contributed by atoms with van der Waals surface area (Å²) < 4.78 is 7.04. The molecular weight excluding hydrogens is 322 g/mol. The van der Waals surface area contributed by atoms with Crippen molar-refractivity contribution in [2.75, 3.05) is 6.54 Å². The average molecular weight is 345 g/mol. The van der Waals surface area contributed by atoms with Crippen LogP contribution in [-0.2, 0) is 35.6 Å². The van der Waals surface area contributed by atoms with Gasteiger partial charge in [0.2, 0.25) is 11.8 Å². The molecule has 0 bridgehead atoms. The highest BCUT2D eigenvalue weighted by molar-refractivity contribution is 5.79. The number of carbonyl (C=O) groups is 2. The number of hydrogen-bond donors (Lipinski definition) is 1. The smallest absolute Gasteiger partial charge is 0.227 e. The van der Waals surface area contributed by atoms with E-state index in [4.69, 9.17) is 4.52 Å². The fraction of sp³-hybridized carbons (Fsp3) is 0.529. The van der Waals surface area contributed by atoms with Gasteiger partial charge in [-0.05, 0) is 19.9 Å². The van der Waals surface area contributed by atoms with Crippen molar-refractivity contribution in [2.24, 2.45) is 0 Å². The van der Waals surface area contributed by atoms with Crippen LogP contribution in [0.15, 0.2) is 10.6 Å². The molecule has 0 radical (unpaired) electrons. The third-order valence-corrected chi connectivity index (χ3v) is 4.50. The molecule has 25 heavy (non-hydrogen) atoms. The standard InChI is InChI=1S/C17H23N5O3/c1-4-16(23)18-9-13-7-14-10-21(5-6-22(14)19-13)17(24)8-15-11(2)20-25-12(15)3/h7H,4-6,8-10H2,1-3H3,(H,18,23). The Kier molecular flexibility index (Phi) is 4.87. The summed E-state index contributed by atoms with van der Waals surface area (Å²) >= 11 is 0. The van der Waals surface area contributed by atoms with E-state index in [2.05, 4.69) is 15.6 Å². The van der Waals surface area contributed by atoms with E-state index in [-0.39, 0.29) is 11.8 Å². The summed E-state index contributed by atoms with van der Waals surface area (Å²) in [6.07, 6.45) is 0.756. The van der Waals surface area contributed by atoms with Crippen LogP contribution in [0.4, 0.5) is 0 Å². The van der Waals surface area contributed by atoms with E-state index in [1.54, 1.807) is 0 Å². The van der Waals surface area contributed by atoms with Gasteiger partial charge in [-0.25, -0.2) is 0 Å². The zero-order valence-corrected chi connectivity index (χ0v) is 14.8. The Morgan fingerprint density at radius 3 is 2.80 bits per heavy atom. The molecule has 3 heterocycles. The number of carbonyl (C=O) groups excluding carboxylic acids is 2. The van der Waals surface area contributed by atoms with Crippen LogP contribution in [-0.4, -0.2) is 38.2 Å². The lowest BCUT2D eigenvalue weighted by Gasteiger charge is -2.27. The van der Waals surface area contributed by atoms with Gasteiger partial charge in [-0.15, -0.1) is 0 Å². The average Bonchev–Trinajstić information content (AvgIpc) is 3.16. The number of nitrogens with zero attached hydrogens (tertiary/aromatic N) is 4. The third-order valence-electron chi connectivity index (χ3n) is 4.50. The van der Waals surface area contributed by atoms with Gasteiger partial charge in [0, 0.05) is 18.5 Å². The molecule has 8 heteroatoms. The minimum absolute atomic E-state index is 0.00207. The molecule has 0 spiro atoms. The molecule has 1 aliphatic rings. The first-order valence-electron chi connectivity index (χ1n) is 8.49. The van der Waals surface area contributed by atoms with Crippen LogP contribution in [0.3, 0.4) is 0 Å². The molecule has 1 N–H and O–H groups in total. The predicted octanol–water partition coefficient (Wildman–Crippen LogP) is 1.10. The van der Waals surface area contributed by atoms with Crippen LogP contribution in [0.5, 0.6) is 0 Å². The van der Waals surface area contributed by atoms with E-state index >= 15 is 0 Å². The summed E-state index contributed by atoms with van der Waals surface area (Å²) in [6, 6.07) is 1.95. The first kappa shape index (κ1) is 17.2. The van der Waals surface area contributed by atoms with Crippen molar-refractivity contribution < 1.29 is 14.1 Å². The summed E-state index contributed by atoms with van der Waals surface area (Å²) in [5.41, 5.74) is 3.44. The van der Waals surface area contributed by atoms with Gasteiger partial charge in [-0.1, -0.05) is 12.1 Å². The molecule has 2 amide bonds. The van der Waals surface area contributed by atoms with Crippen molar-refractivity contribution in [1.29, 1.82) is 0 Å². The monoisotopic (exact) mass is 345 g/mol. The molecule has 0 fully saturated rings. The molecule has 1 aliphatic heterocycles. The number of fused-ring (bicyclic) bond motifs is 1. The van der Waals surface area contributed by atoms with Crippen molar-refractivity contribution in [1.82, 2.24) is 25.2 Å². The molecule has 2 aromatic rings. The van der Waals surface area contributed by atoms with Crippen LogP contribution in [0.1, 0.15) is 41.8 Å². The lowest BCUT2D eigenvalue weighted by atomic mass is 10.1. The van der Waals surface area contributed by atoms with Gasteiger partial charge in [-0.3, -0.25) is 14.3 Å². The number of nitrogens with one attached hydrogen (secondary N) is 1. The number of aromatic nitrogens is 3. The Labute approximate surface area is 146 Å². The van der Waals surface area contributed by atoms with Gasteiger partial charge in [-0.2, -0.15) is 5.10 Å². The Hall–Kier alpha value is -2.64. The zero-order chi connectivity index (χ0) is 18.0. The lowest BCUT2D eigenvalue weighted by Crippen LogP contribution is -2.39. The number of hydrogen-bond acceptors (Lipinski definition) is 5. The maximum absolute atomic E-state index is 12.6. The van der Waals surface area contributed by atoms with Crippen LogP contribution in [0.2, 0.25) is 0 Å². The highest BCUT2D eigenvalue weighted by atomic mass is 16.5. The molecule has 134 valence electrons. The molecule has 0 saturated carbocycles. The van der Waals surface area contributed by atoms with Crippen LogP contribution in [0.25, 0.3) is 0 Å². The maximum Gasteiger partial charge on any atom is 0.227 e. The van der Waals surface area contributed by atoms with Gasteiger partial charge in [0.15, 0.2) is 0 Å². The van der Waals surface area contributed by atoms with E-state index in [0.717, 1.165) is 22.6 Å². The highest BCUT2D eigenvalue weighted by Crippen LogP contribution is 2.18. The maximum atomic E-state index is 12.6. The second kappa shape index (κ2) is 7.08. The molecule has 0 atom stereocenters. The Morgan fingerprint density at radius 2 is 2.12 bits per heavy atom. The van der Waals surface area contributed by atoms with Gasteiger partial charge >= 0.3 is 0 Å². The van der Waals surface area contributed by atoms with Gasteiger partial charge in [0.25, 0.3) is 0 Å². The summed E-state index contributed by atoms with van der Waals surface area (Å²) in [4.78, 5) is 25.8. The molecule has 8 nitrogen and oxygen atoms in total. The molecule has 0 saturated heterocycles. The van der Waals surface area contributed by atoms with Crippen molar-refractivity contribution in [3.63, 3.8) is 0 Å². The van der Waals surface area contributed by atoms with Gasteiger partial charge < -0.3 is 14.7 Å². The van der Waals surface area contributed by atoms with Crippen molar-refractivity contribution >= 4 is 11.8 Å². The first-order chi connectivity index (χ1) is 12.0. The van der Waals surface area contributed by atoms with Gasteiger partial charge in [0.1, 0.15) is 5.76 Å². The minimum Gasteiger partial charge on any atom is -0.361 e. The van der Waals surface area contributed by atoms with Gasteiger partial charge in [0.05, 0.1) is 43.1 Å². The summed E-state index contributed by atoms with van der Waals surface area (Å²) in [7, 11) is 0. The Morgan fingerprint density at radius 1 is 1.32 bits per heavy atom. The normalized spacial score (nSPS) is 13.6. The van der Waals surface area contributed by atoms with Crippen LogP contribution >= 0.6 is 0 Å². The van der Waals surface area contributed by atoms with E-state index in [0.29, 0.717) is 44.8 Å². The molecule has 0 aliphatic carbocycles. The van der Waals surface area contributed by atoms with Crippen LogP contribution < -0.4 is 5.32 Å². The summed E-state index contributed by atoms with van der Waals surface area (Å²) in [5.74, 6) is 0.756. The van der Waals surface area contributed by atoms with Crippen LogP contribution in [0, 0.1) is 13.8 Å². The number of amides is 2. The molecule has 2 aromatic heterocycles. The lowest BCUT2D eigenvalue weighted by molar-refractivity contribution is -0.132. The second-order valence-electron chi connectivity index (χ2n) is 6.28. The van der Waals surface area contributed by atoms with Crippen molar-refractivity contribution in [2.45, 2.75) is 53.2 Å². The number of rotatable bonds is 5. The van der Waals surface area contributed by atoms with E-state index in [1.165, 1.54) is 0 Å². The Balaban J connectivity index is 1.63. The number of aryl methyl sites for hydroxylation is 2. The molecule has 0 unspecified atom stereocenters. The van der Waals surface area contributed by atoms with E-state index in [9.17, 15) is 9.59 Å². The Bertz CT molecular complexity index is 773. The molecule has 3 rings (SSSR count). The fourth-order valence-electron chi connectivity index (χ4n) is 2.96. The predicted molar refractivity (Wildman–Crippen MR) is 89.5 cm³/mol.